The van der Waals surface area contributed by atoms with Crippen molar-refractivity contribution in [2.24, 2.45) is 0 Å². The normalized spacial score (nSPS) is 12.9. The fourth-order valence-electron chi connectivity index (χ4n) is 2.02. The van der Waals surface area contributed by atoms with Crippen LogP contribution in [0.4, 0.5) is 0 Å². The zero-order valence-electron chi connectivity index (χ0n) is 11.6. The van der Waals surface area contributed by atoms with Gasteiger partial charge in [-0.3, -0.25) is 0 Å². The Morgan fingerprint density at radius 3 is 2.82 bits per heavy atom. The predicted octanol–water partition coefficient (Wildman–Crippen LogP) is 3.35. The molecule has 17 heavy (non-hydrogen) atoms. The van der Waals surface area contributed by atoms with Crippen molar-refractivity contribution in [2.45, 2.75) is 72.0 Å². The van der Waals surface area contributed by atoms with Gasteiger partial charge in [0.15, 0.2) is 0 Å². The Morgan fingerprint density at radius 1 is 1.29 bits per heavy atom. The van der Waals surface area contributed by atoms with Crippen LogP contribution in [0.3, 0.4) is 0 Å². The molecule has 0 radical (unpaired) electrons. The SMILES string of the molecule is CCCCCC(C)NCc1nccn1CCC. The van der Waals surface area contributed by atoms with E-state index in [0.717, 1.165) is 25.3 Å². The van der Waals surface area contributed by atoms with Gasteiger partial charge >= 0.3 is 0 Å². The lowest BCUT2D eigenvalue weighted by molar-refractivity contribution is 0.471. The molecular weight excluding hydrogens is 210 g/mol. The molecule has 0 amide bonds. The van der Waals surface area contributed by atoms with E-state index in [2.05, 4.69) is 41.8 Å². The van der Waals surface area contributed by atoms with Crippen LogP contribution in [0.1, 0.15) is 58.7 Å². The van der Waals surface area contributed by atoms with E-state index in [1.54, 1.807) is 0 Å². The van der Waals surface area contributed by atoms with Gasteiger partial charge in [0.25, 0.3) is 0 Å². The Labute approximate surface area is 106 Å². The number of aryl methyl sites for hydroxylation is 1. The Balaban J connectivity index is 2.26. The molecule has 3 heteroatoms. The first-order valence-electron chi connectivity index (χ1n) is 7.01. The van der Waals surface area contributed by atoms with E-state index >= 15 is 0 Å². The Kier molecular flexibility index (Phi) is 6.94. The van der Waals surface area contributed by atoms with Gasteiger partial charge in [-0.1, -0.05) is 33.1 Å². The molecule has 0 aromatic carbocycles. The molecule has 0 aliphatic rings. The Hall–Kier alpha value is -0.830. The summed E-state index contributed by atoms with van der Waals surface area (Å²) in [6.07, 6.45) is 10.4. The maximum atomic E-state index is 4.40. The van der Waals surface area contributed by atoms with Crippen molar-refractivity contribution in [3.05, 3.63) is 18.2 Å². The first-order valence-corrected chi connectivity index (χ1v) is 7.01. The number of imidazole rings is 1. The Bertz CT molecular complexity index is 293. The Morgan fingerprint density at radius 2 is 2.12 bits per heavy atom. The minimum Gasteiger partial charge on any atom is -0.334 e. The number of aromatic nitrogens is 2. The van der Waals surface area contributed by atoms with Crippen LogP contribution in [-0.4, -0.2) is 15.6 Å². The van der Waals surface area contributed by atoms with Crippen molar-refractivity contribution < 1.29 is 0 Å². The van der Waals surface area contributed by atoms with Crippen LogP contribution in [0, 0.1) is 0 Å². The summed E-state index contributed by atoms with van der Waals surface area (Å²) in [6.45, 7) is 8.68. The second kappa shape index (κ2) is 8.29. The van der Waals surface area contributed by atoms with Gasteiger partial charge in [0.05, 0.1) is 6.54 Å². The molecule has 0 aliphatic heterocycles. The molecule has 1 N–H and O–H groups in total. The van der Waals surface area contributed by atoms with Crippen LogP contribution in [-0.2, 0) is 13.1 Å². The average Bonchev–Trinajstić information content (AvgIpc) is 2.75. The highest BCUT2D eigenvalue weighted by Gasteiger charge is 2.05. The van der Waals surface area contributed by atoms with Gasteiger partial charge < -0.3 is 9.88 Å². The summed E-state index contributed by atoms with van der Waals surface area (Å²) in [7, 11) is 0. The number of hydrogen-bond donors (Lipinski definition) is 1. The summed E-state index contributed by atoms with van der Waals surface area (Å²) in [6, 6.07) is 0.591. The lowest BCUT2D eigenvalue weighted by Gasteiger charge is -2.14. The molecule has 3 nitrogen and oxygen atoms in total. The monoisotopic (exact) mass is 237 g/mol. The van der Waals surface area contributed by atoms with E-state index in [4.69, 9.17) is 0 Å². The van der Waals surface area contributed by atoms with E-state index in [1.165, 1.54) is 25.7 Å². The van der Waals surface area contributed by atoms with Crippen LogP contribution >= 0.6 is 0 Å². The van der Waals surface area contributed by atoms with Gasteiger partial charge in [-0.25, -0.2) is 4.98 Å². The third kappa shape index (κ3) is 5.35. The van der Waals surface area contributed by atoms with Crippen molar-refractivity contribution in [3.8, 4) is 0 Å². The number of rotatable bonds is 9. The summed E-state index contributed by atoms with van der Waals surface area (Å²) in [5.74, 6) is 1.16. The molecular formula is C14H27N3. The largest absolute Gasteiger partial charge is 0.334 e. The van der Waals surface area contributed by atoms with Crippen molar-refractivity contribution in [1.82, 2.24) is 14.9 Å². The predicted molar refractivity (Wildman–Crippen MR) is 73.0 cm³/mol. The van der Waals surface area contributed by atoms with E-state index in [1.807, 2.05) is 6.20 Å². The van der Waals surface area contributed by atoms with Gasteiger partial charge in [0.2, 0.25) is 0 Å². The highest BCUT2D eigenvalue weighted by atomic mass is 15.1. The van der Waals surface area contributed by atoms with Crippen LogP contribution < -0.4 is 5.32 Å². The van der Waals surface area contributed by atoms with Gasteiger partial charge in [-0.05, 0) is 19.8 Å². The quantitative estimate of drug-likeness (QED) is 0.667. The summed E-state index contributed by atoms with van der Waals surface area (Å²) in [5, 5.41) is 3.56. The summed E-state index contributed by atoms with van der Waals surface area (Å²) in [5.41, 5.74) is 0. The summed E-state index contributed by atoms with van der Waals surface area (Å²) in [4.78, 5) is 4.40. The standard InChI is InChI=1S/C14H27N3/c1-4-6-7-8-13(3)16-12-14-15-9-11-17(14)10-5-2/h9,11,13,16H,4-8,10,12H2,1-3H3. The van der Waals surface area contributed by atoms with E-state index < -0.39 is 0 Å². The van der Waals surface area contributed by atoms with Gasteiger partial charge in [0, 0.05) is 25.0 Å². The molecule has 1 atom stereocenters. The maximum absolute atomic E-state index is 4.40. The third-order valence-corrected chi connectivity index (χ3v) is 3.12. The van der Waals surface area contributed by atoms with Crippen LogP contribution in [0.25, 0.3) is 0 Å². The van der Waals surface area contributed by atoms with Gasteiger partial charge in [0.1, 0.15) is 5.82 Å². The molecule has 1 aromatic heterocycles. The summed E-state index contributed by atoms with van der Waals surface area (Å²) >= 11 is 0. The van der Waals surface area contributed by atoms with Crippen LogP contribution in [0.2, 0.25) is 0 Å². The minimum atomic E-state index is 0.591. The fourth-order valence-corrected chi connectivity index (χ4v) is 2.02. The second-order valence-corrected chi connectivity index (χ2v) is 4.81. The van der Waals surface area contributed by atoms with Crippen molar-refractivity contribution in [1.29, 1.82) is 0 Å². The molecule has 98 valence electrons. The fraction of sp³-hybridized carbons (Fsp3) is 0.786. The highest BCUT2D eigenvalue weighted by Crippen LogP contribution is 2.04. The van der Waals surface area contributed by atoms with Gasteiger partial charge in [-0.2, -0.15) is 0 Å². The van der Waals surface area contributed by atoms with E-state index in [9.17, 15) is 0 Å². The molecule has 1 unspecified atom stereocenters. The third-order valence-electron chi connectivity index (χ3n) is 3.12. The molecule has 1 rings (SSSR count). The molecule has 1 heterocycles. The molecule has 0 fully saturated rings. The lowest BCUT2D eigenvalue weighted by atomic mass is 10.1. The summed E-state index contributed by atoms with van der Waals surface area (Å²) < 4.78 is 2.24. The molecule has 0 spiro atoms. The number of nitrogens with one attached hydrogen (secondary N) is 1. The highest BCUT2D eigenvalue weighted by molar-refractivity contribution is 4.92. The van der Waals surface area contributed by atoms with Crippen molar-refractivity contribution in [2.75, 3.05) is 0 Å². The second-order valence-electron chi connectivity index (χ2n) is 4.81. The zero-order chi connectivity index (χ0) is 12.5. The van der Waals surface area contributed by atoms with Crippen molar-refractivity contribution >= 4 is 0 Å². The molecule has 1 aromatic rings. The number of nitrogens with zero attached hydrogens (tertiary/aromatic N) is 2. The van der Waals surface area contributed by atoms with Crippen molar-refractivity contribution in [3.63, 3.8) is 0 Å². The van der Waals surface area contributed by atoms with Crippen LogP contribution in [0.5, 0.6) is 0 Å². The zero-order valence-corrected chi connectivity index (χ0v) is 11.6. The topological polar surface area (TPSA) is 29.9 Å². The molecule has 0 bridgehead atoms. The van der Waals surface area contributed by atoms with Gasteiger partial charge in [-0.15, -0.1) is 0 Å². The minimum absolute atomic E-state index is 0.591. The smallest absolute Gasteiger partial charge is 0.122 e. The molecule has 0 saturated heterocycles. The lowest BCUT2D eigenvalue weighted by Crippen LogP contribution is -2.27. The average molecular weight is 237 g/mol. The maximum Gasteiger partial charge on any atom is 0.122 e. The first-order chi connectivity index (χ1) is 8.27. The molecule has 0 aliphatic carbocycles. The molecule has 0 saturated carbocycles. The van der Waals surface area contributed by atoms with Crippen LogP contribution in [0.15, 0.2) is 12.4 Å². The number of hydrogen-bond acceptors (Lipinski definition) is 2. The van der Waals surface area contributed by atoms with E-state index in [-0.39, 0.29) is 0 Å². The first kappa shape index (κ1) is 14.2. The van der Waals surface area contributed by atoms with E-state index in [0.29, 0.717) is 6.04 Å². The number of unbranched alkanes of at least 4 members (excludes halogenated alkanes) is 2.